The average molecular weight is 1060 g/mol. The summed E-state index contributed by atoms with van der Waals surface area (Å²) in [5.74, 6) is -0.205. The number of unbranched alkanes of at least 4 members (excludes halogenated alkanes) is 40. The van der Waals surface area contributed by atoms with Crippen molar-refractivity contribution in [1.82, 2.24) is 5.32 Å². The van der Waals surface area contributed by atoms with E-state index in [0.29, 0.717) is 17.4 Å². The summed E-state index contributed by atoms with van der Waals surface area (Å²) in [7, 11) is 1.25. The molecular weight excluding hydrogens is 936 g/mol. The fourth-order valence-electron chi connectivity index (χ4n) is 9.50. The van der Waals surface area contributed by atoms with Gasteiger partial charge in [-0.05, 0) is 64.2 Å². The minimum atomic E-state index is -4.60. The fourth-order valence-corrected chi connectivity index (χ4v) is 10.2. The third-order valence-corrected chi connectivity index (χ3v) is 15.5. The van der Waals surface area contributed by atoms with E-state index in [1.807, 2.05) is 27.2 Å². The van der Waals surface area contributed by atoms with Crippen LogP contribution in [0.1, 0.15) is 309 Å². The zero-order valence-electron chi connectivity index (χ0n) is 49.8. The summed E-state index contributed by atoms with van der Waals surface area (Å²) in [5.41, 5.74) is 0. The highest BCUT2D eigenvalue weighted by molar-refractivity contribution is 7.45. The Hall–Kier alpha value is -1.54. The normalized spacial score (nSPS) is 14.1. The second-order valence-electron chi connectivity index (χ2n) is 23.1. The van der Waals surface area contributed by atoms with Crippen molar-refractivity contribution < 1.29 is 32.9 Å². The number of quaternary nitrogens is 1. The maximum absolute atomic E-state index is 12.9. The fraction of sp³-hybridized carbons (Fsp3) is 0.862. The van der Waals surface area contributed by atoms with E-state index < -0.39 is 26.6 Å². The quantitative estimate of drug-likeness (QED) is 0.0272. The molecule has 0 aliphatic heterocycles. The van der Waals surface area contributed by atoms with Gasteiger partial charge in [0, 0.05) is 6.42 Å². The third kappa shape index (κ3) is 58.1. The van der Waals surface area contributed by atoms with Crippen molar-refractivity contribution in [3.8, 4) is 0 Å². The Kier molecular flexibility index (Phi) is 55.0. The van der Waals surface area contributed by atoms with Gasteiger partial charge in [-0.3, -0.25) is 9.36 Å². The minimum absolute atomic E-state index is 0.00618. The number of likely N-dealkylation sites (N-methyl/N-ethyl adjacent to an activating group) is 1. The standard InChI is InChI=1S/C65H125N2O6P/c1-6-8-10-12-14-16-18-20-21-22-23-24-25-26-27-28-29-30-31-32-33-34-35-36-37-38-39-40-41-42-43-44-45-47-49-51-53-55-57-59-65(69)66-63(62-73-74(70,71)72-61-60-67(3,4)5)64(68)58-56-54-52-50-48-46-19-17-15-13-11-9-7-2/h29-30,32-33,48,50,56,58,63-64,68H,6-28,31,34-47,49,51-55,57,59-62H2,1-5H3,(H-,66,69,70,71)/b30-29-,33-32-,50-48+,58-56+. The lowest BCUT2D eigenvalue weighted by atomic mass is 10.0. The van der Waals surface area contributed by atoms with Crippen molar-refractivity contribution in [1.29, 1.82) is 0 Å². The van der Waals surface area contributed by atoms with Crippen molar-refractivity contribution in [2.24, 2.45) is 0 Å². The number of aliphatic hydroxyl groups excluding tert-OH is 1. The summed E-state index contributed by atoms with van der Waals surface area (Å²) in [6.07, 6.45) is 75.3. The van der Waals surface area contributed by atoms with E-state index in [1.54, 1.807) is 6.08 Å². The monoisotopic (exact) mass is 1060 g/mol. The van der Waals surface area contributed by atoms with Crippen LogP contribution in [0.15, 0.2) is 48.6 Å². The van der Waals surface area contributed by atoms with Crippen LogP contribution < -0.4 is 10.2 Å². The number of hydrogen-bond acceptors (Lipinski definition) is 6. The van der Waals surface area contributed by atoms with Gasteiger partial charge in [-0.15, -0.1) is 0 Å². The van der Waals surface area contributed by atoms with E-state index in [4.69, 9.17) is 9.05 Å². The highest BCUT2D eigenvalue weighted by Gasteiger charge is 2.23. The third-order valence-electron chi connectivity index (χ3n) is 14.5. The van der Waals surface area contributed by atoms with E-state index >= 15 is 0 Å². The number of phosphoric ester groups is 1. The van der Waals surface area contributed by atoms with Gasteiger partial charge in [0.15, 0.2) is 0 Å². The molecule has 0 aliphatic rings. The average Bonchev–Trinajstić information content (AvgIpc) is 3.36. The molecule has 1 amide bonds. The predicted molar refractivity (Wildman–Crippen MR) is 321 cm³/mol. The lowest BCUT2D eigenvalue weighted by Gasteiger charge is -2.29. The minimum Gasteiger partial charge on any atom is -0.756 e. The van der Waals surface area contributed by atoms with E-state index in [0.717, 1.165) is 44.9 Å². The summed E-state index contributed by atoms with van der Waals surface area (Å²) in [4.78, 5) is 25.5. The van der Waals surface area contributed by atoms with Gasteiger partial charge < -0.3 is 28.8 Å². The van der Waals surface area contributed by atoms with Crippen LogP contribution in [0.2, 0.25) is 0 Å². The molecule has 0 spiro atoms. The number of carbonyl (C=O) groups is 1. The maximum Gasteiger partial charge on any atom is 0.268 e. The smallest absolute Gasteiger partial charge is 0.268 e. The highest BCUT2D eigenvalue weighted by atomic mass is 31.2. The van der Waals surface area contributed by atoms with Crippen molar-refractivity contribution in [3.05, 3.63) is 48.6 Å². The van der Waals surface area contributed by atoms with E-state index in [2.05, 4.69) is 55.6 Å². The number of allylic oxidation sites excluding steroid dienone is 7. The molecule has 3 unspecified atom stereocenters. The van der Waals surface area contributed by atoms with Crippen LogP contribution in [0, 0.1) is 0 Å². The van der Waals surface area contributed by atoms with Gasteiger partial charge in [-0.25, -0.2) is 0 Å². The number of phosphoric acid groups is 1. The summed E-state index contributed by atoms with van der Waals surface area (Å²) < 4.78 is 23.3. The van der Waals surface area contributed by atoms with Gasteiger partial charge in [0.1, 0.15) is 13.2 Å². The van der Waals surface area contributed by atoms with Crippen LogP contribution in [0.5, 0.6) is 0 Å². The summed E-state index contributed by atoms with van der Waals surface area (Å²) in [6.45, 7) is 4.64. The lowest BCUT2D eigenvalue weighted by Crippen LogP contribution is -2.45. The second kappa shape index (κ2) is 56.2. The number of nitrogens with one attached hydrogen (secondary N) is 1. The van der Waals surface area contributed by atoms with Crippen molar-refractivity contribution in [2.45, 2.75) is 321 Å². The van der Waals surface area contributed by atoms with Gasteiger partial charge in [0.2, 0.25) is 5.91 Å². The lowest BCUT2D eigenvalue weighted by molar-refractivity contribution is -0.870. The molecule has 0 bridgehead atoms. The molecule has 3 atom stereocenters. The zero-order valence-corrected chi connectivity index (χ0v) is 50.7. The predicted octanol–water partition coefficient (Wildman–Crippen LogP) is 19.2. The molecule has 8 nitrogen and oxygen atoms in total. The molecule has 0 saturated carbocycles. The Morgan fingerprint density at radius 1 is 0.473 bits per heavy atom. The second-order valence-corrected chi connectivity index (χ2v) is 24.5. The van der Waals surface area contributed by atoms with Gasteiger partial charge in [-0.2, -0.15) is 0 Å². The van der Waals surface area contributed by atoms with Gasteiger partial charge >= 0.3 is 0 Å². The number of aliphatic hydroxyl groups is 1. The molecule has 0 fully saturated rings. The Morgan fingerprint density at radius 3 is 1.18 bits per heavy atom. The molecule has 0 aliphatic carbocycles. The summed E-state index contributed by atoms with van der Waals surface area (Å²) in [6, 6.07) is -0.903. The van der Waals surface area contributed by atoms with Gasteiger partial charge in [0.05, 0.1) is 39.9 Å². The van der Waals surface area contributed by atoms with E-state index in [1.165, 1.54) is 244 Å². The Morgan fingerprint density at radius 2 is 0.797 bits per heavy atom. The van der Waals surface area contributed by atoms with Crippen LogP contribution in [0.3, 0.4) is 0 Å². The molecule has 74 heavy (non-hydrogen) atoms. The topological polar surface area (TPSA) is 108 Å². The molecule has 0 heterocycles. The molecule has 436 valence electrons. The van der Waals surface area contributed by atoms with E-state index in [-0.39, 0.29) is 12.5 Å². The molecule has 2 N–H and O–H groups in total. The van der Waals surface area contributed by atoms with Crippen LogP contribution in [-0.4, -0.2) is 68.5 Å². The van der Waals surface area contributed by atoms with Gasteiger partial charge in [-0.1, -0.05) is 287 Å². The first kappa shape index (κ1) is 72.5. The largest absolute Gasteiger partial charge is 0.756 e. The molecule has 0 aromatic heterocycles. The Balaban J connectivity index is 3.91. The van der Waals surface area contributed by atoms with Crippen LogP contribution >= 0.6 is 7.82 Å². The first-order chi connectivity index (χ1) is 36.0. The number of amides is 1. The molecule has 0 saturated heterocycles. The van der Waals surface area contributed by atoms with Crippen LogP contribution in [-0.2, 0) is 18.4 Å². The van der Waals surface area contributed by atoms with Crippen LogP contribution in [0.25, 0.3) is 0 Å². The van der Waals surface area contributed by atoms with Gasteiger partial charge in [0.25, 0.3) is 7.82 Å². The van der Waals surface area contributed by atoms with Crippen molar-refractivity contribution in [2.75, 3.05) is 40.9 Å². The zero-order chi connectivity index (χ0) is 54.2. The highest BCUT2D eigenvalue weighted by Crippen LogP contribution is 2.38. The van der Waals surface area contributed by atoms with Crippen LogP contribution in [0.4, 0.5) is 0 Å². The molecular formula is C65H125N2O6P. The molecule has 0 aromatic rings. The maximum atomic E-state index is 12.9. The number of carbonyl (C=O) groups excluding carboxylic acids is 1. The number of nitrogens with zero attached hydrogens (tertiary/aromatic N) is 1. The molecule has 9 heteroatoms. The van der Waals surface area contributed by atoms with E-state index in [9.17, 15) is 19.4 Å². The Bertz CT molecular complexity index is 1340. The van der Waals surface area contributed by atoms with Crippen molar-refractivity contribution >= 4 is 13.7 Å². The number of rotatable bonds is 59. The molecule has 0 aromatic carbocycles. The number of hydrogen-bond donors (Lipinski definition) is 2. The first-order valence-electron chi connectivity index (χ1n) is 32.0. The first-order valence-corrected chi connectivity index (χ1v) is 33.5. The molecule has 0 rings (SSSR count). The summed E-state index contributed by atoms with van der Waals surface area (Å²) >= 11 is 0. The molecule has 0 radical (unpaired) electrons. The SMILES string of the molecule is CCCCCCCCC/C=C/CC/C=C/C(O)C(COP(=O)([O-])OCC[N+](C)(C)C)NC(=O)CCCCCCCCCCCCCCCCCCC/C=C\C/C=C\CCCCCCCCCCCCCCCCC. The summed E-state index contributed by atoms with van der Waals surface area (Å²) in [5, 5.41) is 13.8. The Labute approximate surface area is 460 Å². The van der Waals surface area contributed by atoms with Crippen molar-refractivity contribution in [3.63, 3.8) is 0 Å².